The minimum atomic E-state index is -0.211. The number of rotatable bonds is 5. The fourth-order valence-corrected chi connectivity index (χ4v) is 2.45. The van der Waals surface area contributed by atoms with Crippen molar-refractivity contribution in [2.75, 3.05) is 6.54 Å². The highest BCUT2D eigenvalue weighted by molar-refractivity contribution is 5.43. The minimum Gasteiger partial charge on any atom is -0.313 e. The summed E-state index contributed by atoms with van der Waals surface area (Å²) in [5, 5.41) is 7.84. The van der Waals surface area contributed by atoms with Crippen molar-refractivity contribution in [2.45, 2.75) is 40.2 Å². The highest BCUT2D eigenvalue weighted by Crippen LogP contribution is 2.25. The van der Waals surface area contributed by atoms with Crippen molar-refractivity contribution in [1.29, 1.82) is 0 Å². The van der Waals surface area contributed by atoms with Crippen molar-refractivity contribution in [3.63, 3.8) is 0 Å². The zero-order chi connectivity index (χ0) is 14.7. The van der Waals surface area contributed by atoms with Crippen LogP contribution < -0.4 is 5.32 Å². The molecule has 2 aromatic rings. The third-order valence-electron chi connectivity index (χ3n) is 3.39. The molecule has 0 unspecified atom stereocenters. The van der Waals surface area contributed by atoms with E-state index in [-0.39, 0.29) is 5.82 Å². The van der Waals surface area contributed by atoms with Crippen LogP contribution >= 0.6 is 0 Å². The van der Waals surface area contributed by atoms with Crippen molar-refractivity contribution in [2.24, 2.45) is 0 Å². The van der Waals surface area contributed by atoms with E-state index in [1.54, 1.807) is 12.1 Å². The van der Waals surface area contributed by atoms with Gasteiger partial charge in [0.1, 0.15) is 5.82 Å². The van der Waals surface area contributed by atoms with Gasteiger partial charge in [0, 0.05) is 12.1 Å². The van der Waals surface area contributed by atoms with Gasteiger partial charge in [0.2, 0.25) is 0 Å². The summed E-state index contributed by atoms with van der Waals surface area (Å²) in [5.74, 6) is 0.146. The lowest BCUT2D eigenvalue weighted by Gasteiger charge is -2.15. The summed E-state index contributed by atoms with van der Waals surface area (Å²) in [5.41, 5.74) is 4.22. The molecular weight excluding hydrogens is 253 g/mol. The van der Waals surface area contributed by atoms with Gasteiger partial charge in [-0.1, -0.05) is 20.8 Å². The largest absolute Gasteiger partial charge is 0.313 e. The molecule has 0 atom stereocenters. The fraction of sp³-hybridized carbons (Fsp3) is 0.438. The summed E-state index contributed by atoms with van der Waals surface area (Å²) >= 11 is 0. The van der Waals surface area contributed by atoms with E-state index in [1.165, 1.54) is 17.3 Å². The molecule has 0 aliphatic carbocycles. The maximum Gasteiger partial charge on any atom is 0.123 e. The second-order valence-corrected chi connectivity index (χ2v) is 5.33. The van der Waals surface area contributed by atoms with Gasteiger partial charge in [0.15, 0.2) is 0 Å². The maximum atomic E-state index is 13.3. The first-order valence-electron chi connectivity index (χ1n) is 7.08. The van der Waals surface area contributed by atoms with Gasteiger partial charge in [-0.15, -0.1) is 0 Å². The molecule has 20 heavy (non-hydrogen) atoms. The van der Waals surface area contributed by atoms with Crippen LogP contribution in [0, 0.1) is 12.7 Å². The number of halogens is 1. The Morgan fingerprint density at radius 1 is 1.35 bits per heavy atom. The van der Waals surface area contributed by atoms with E-state index in [4.69, 9.17) is 0 Å². The summed E-state index contributed by atoms with van der Waals surface area (Å²) in [6.45, 7) is 10.0. The molecule has 0 aliphatic rings. The van der Waals surface area contributed by atoms with Crippen molar-refractivity contribution in [3.8, 4) is 5.69 Å². The Balaban J connectivity index is 2.48. The molecule has 0 spiro atoms. The van der Waals surface area contributed by atoms with Crippen LogP contribution in [-0.2, 0) is 6.54 Å². The molecular formula is C16H22FN3. The number of benzene rings is 1. The molecule has 2 rings (SSSR count). The molecule has 3 nitrogen and oxygen atoms in total. The van der Waals surface area contributed by atoms with E-state index in [9.17, 15) is 4.39 Å². The molecule has 1 aromatic heterocycles. The first-order chi connectivity index (χ1) is 9.54. The van der Waals surface area contributed by atoms with Crippen molar-refractivity contribution >= 4 is 0 Å². The third kappa shape index (κ3) is 2.90. The van der Waals surface area contributed by atoms with Crippen LogP contribution in [0.1, 0.15) is 43.5 Å². The monoisotopic (exact) mass is 275 g/mol. The van der Waals surface area contributed by atoms with E-state index >= 15 is 0 Å². The van der Waals surface area contributed by atoms with Gasteiger partial charge in [-0.2, -0.15) is 5.10 Å². The predicted molar refractivity (Wildman–Crippen MR) is 79.7 cm³/mol. The molecule has 4 heteroatoms. The first kappa shape index (κ1) is 14.7. The Morgan fingerprint density at radius 2 is 2.10 bits per heavy atom. The quantitative estimate of drug-likeness (QED) is 0.904. The molecule has 0 saturated carbocycles. The molecule has 0 aliphatic heterocycles. The van der Waals surface area contributed by atoms with Gasteiger partial charge >= 0.3 is 0 Å². The minimum absolute atomic E-state index is 0.211. The maximum absolute atomic E-state index is 13.3. The Kier molecular flexibility index (Phi) is 4.55. The van der Waals surface area contributed by atoms with Crippen LogP contribution in [0.2, 0.25) is 0 Å². The highest BCUT2D eigenvalue weighted by atomic mass is 19.1. The summed E-state index contributed by atoms with van der Waals surface area (Å²) in [6, 6.07) is 4.82. The molecule has 1 N–H and O–H groups in total. The van der Waals surface area contributed by atoms with Gasteiger partial charge in [-0.25, -0.2) is 9.07 Å². The average Bonchev–Trinajstić information content (AvgIpc) is 2.80. The normalized spacial score (nSPS) is 11.3. The van der Waals surface area contributed by atoms with Crippen LogP contribution in [0.3, 0.4) is 0 Å². The van der Waals surface area contributed by atoms with Crippen molar-refractivity contribution in [3.05, 3.63) is 47.0 Å². The number of nitrogens with one attached hydrogen (secondary N) is 1. The van der Waals surface area contributed by atoms with Gasteiger partial charge < -0.3 is 5.32 Å². The van der Waals surface area contributed by atoms with Crippen LogP contribution in [0.4, 0.5) is 4.39 Å². The Morgan fingerprint density at radius 3 is 2.70 bits per heavy atom. The molecule has 0 amide bonds. The van der Waals surface area contributed by atoms with Crippen molar-refractivity contribution < 1.29 is 4.39 Å². The molecule has 0 bridgehead atoms. The molecule has 0 fully saturated rings. The first-order valence-corrected chi connectivity index (χ1v) is 7.08. The Bertz CT molecular complexity index is 587. The topological polar surface area (TPSA) is 29.9 Å². The standard InChI is InChI=1S/C16H22FN3/c1-5-18-9-13-10-19-20(16(13)11(2)3)15-7-6-14(17)8-12(15)4/h6-8,10-11,18H,5,9H2,1-4H3. The van der Waals surface area contributed by atoms with E-state index in [2.05, 4.69) is 31.2 Å². The van der Waals surface area contributed by atoms with Gasteiger partial charge in [-0.05, 0) is 43.1 Å². The zero-order valence-electron chi connectivity index (χ0n) is 12.6. The third-order valence-corrected chi connectivity index (χ3v) is 3.39. The van der Waals surface area contributed by atoms with Crippen LogP contribution in [0.5, 0.6) is 0 Å². The Hall–Kier alpha value is -1.68. The summed E-state index contributed by atoms with van der Waals surface area (Å²) in [6.07, 6.45) is 1.90. The summed E-state index contributed by atoms with van der Waals surface area (Å²) < 4.78 is 15.2. The lowest BCUT2D eigenvalue weighted by Crippen LogP contribution is -2.14. The fourth-order valence-electron chi connectivity index (χ4n) is 2.45. The smallest absolute Gasteiger partial charge is 0.123 e. The lowest BCUT2D eigenvalue weighted by molar-refractivity contribution is 0.624. The molecule has 0 radical (unpaired) electrons. The summed E-state index contributed by atoms with van der Waals surface area (Å²) in [7, 11) is 0. The highest BCUT2D eigenvalue weighted by Gasteiger charge is 2.16. The molecule has 108 valence electrons. The second-order valence-electron chi connectivity index (χ2n) is 5.33. The predicted octanol–water partition coefficient (Wildman–Crippen LogP) is 3.55. The van der Waals surface area contributed by atoms with Crippen LogP contribution in [0.15, 0.2) is 24.4 Å². The van der Waals surface area contributed by atoms with Gasteiger partial charge in [0.25, 0.3) is 0 Å². The van der Waals surface area contributed by atoms with Crippen LogP contribution in [0.25, 0.3) is 5.69 Å². The summed E-state index contributed by atoms with van der Waals surface area (Å²) in [4.78, 5) is 0. The Labute approximate surface area is 119 Å². The number of aromatic nitrogens is 2. The van der Waals surface area contributed by atoms with E-state index < -0.39 is 0 Å². The second kappa shape index (κ2) is 6.18. The molecule has 1 heterocycles. The lowest BCUT2D eigenvalue weighted by atomic mass is 10.0. The average molecular weight is 275 g/mol. The number of nitrogens with zero attached hydrogens (tertiary/aromatic N) is 2. The van der Waals surface area contributed by atoms with Crippen molar-refractivity contribution in [1.82, 2.24) is 15.1 Å². The van der Waals surface area contributed by atoms with Gasteiger partial charge in [-0.3, -0.25) is 0 Å². The number of aryl methyl sites for hydroxylation is 1. The zero-order valence-corrected chi connectivity index (χ0v) is 12.6. The van der Waals surface area contributed by atoms with Gasteiger partial charge in [0.05, 0.1) is 17.6 Å². The van der Waals surface area contributed by atoms with Crippen LogP contribution in [-0.4, -0.2) is 16.3 Å². The van der Waals surface area contributed by atoms with E-state index in [0.717, 1.165) is 24.3 Å². The molecule has 0 saturated heterocycles. The number of hydrogen-bond acceptors (Lipinski definition) is 2. The van der Waals surface area contributed by atoms with E-state index in [0.29, 0.717) is 5.92 Å². The SMILES string of the molecule is CCNCc1cnn(-c2ccc(F)cc2C)c1C(C)C. The number of hydrogen-bond donors (Lipinski definition) is 1. The molecule has 1 aromatic carbocycles. The van der Waals surface area contributed by atoms with E-state index in [1.807, 2.05) is 17.8 Å².